The second-order valence-corrected chi connectivity index (χ2v) is 7.26. The largest absolute Gasteiger partial charge is 0.378 e. The second-order valence-electron chi connectivity index (χ2n) is 7.26. The van der Waals surface area contributed by atoms with E-state index < -0.39 is 0 Å². The van der Waals surface area contributed by atoms with Crippen molar-refractivity contribution in [3.8, 4) is 0 Å². The summed E-state index contributed by atoms with van der Waals surface area (Å²) >= 11 is 0. The van der Waals surface area contributed by atoms with Crippen molar-refractivity contribution in [3.63, 3.8) is 0 Å². The maximum Gasteiger partial charge on any atom is 0.239 e. The van der Waals surface area contributed by atoms with Crippen molar-refractivity contribution in [1.29, 1.82) is 0 Å². The lowest BCUT2D eigenvalue weighted by Crippen LogP contribution is -2.52. The first-order valence-corrected chi connectivity index (χ1v) is 9.40. The molecule has 0 unspecified atom stereocenters. The van der Waals surface area contributed by atoms with Crippen LogP contribution in [-0.2, 0) is 9.53 Å². The van der Waals surface area contributed by atoms with Gasteiger partial charge in [-0.3, -0.25) is 9.69 Å². The summed E-state index contributed by atoms with van der Waals surface area (Å²) in [6.07, 6.45) is 2.32. The number of fused-ring (bicyclic) bond motifs is 1. The van der Waals surface area contributed by atoms with Gasteiger partial charge in [-0.05, 0) is 43.8 Å². The van der Waals surface area contributed by atoms with Gasteiger partial charge in [0.1, 0.15) is 0 Å². The van der Waals surface area contributed by atoms with Crippen LogP contribution < -0.4 is 0 Å². The predicted octanol–water partition coefficient (Wildman–Crippen LogP) is 2.59. The van der Waals surface area contributed by atoms with Gasteiger partial charge in [0.05, 0.1) is 19.3 Å². The van der Waals surface area contributed by atoms with Gasteiger partial charge in [-0.2, -0.15) is 0 Å². The Bertz CT molecular complexity index is 702. The Hall–Kier alpha value is -1.85. The molecule has 0 spiro atoms. The molecule has 0 saturated carbocycles. The summed E-state index contributed by atoms with van der Waals surface area (Å²) in [6, 6.07) is 10.7. The van der Waals surface area contributed by atoms with Gasteiger partial charge in [-0.25, -0.2) is 0 Å². The molecule has 1 N–H and O–H groups in total. The molecule has 1 aromatic carbocycles. The molecule has 0 aliphatic carbocycles. The molecule has 0 bridgehead atoms. The molecule has 134 valence electrons. The van der Waals surface area contributed by atoms with Crippen molar-refractivity contribution in [2.45, 2.75) is 31.7 Å². The van der Waals surface area contributed by atoms with Crippen molar-refractivity contribution < 1.29 is 9.53 Å². The van der Waals surface area contributed by atoms with Gasteiger partial charge in [0.25, 0.3) is 0 Å². The molecule has 0 radical (unpaired) electrons. The van der Waals surface area contributed by atoms with Gasteiger partial charge in [-0.1, -0.05) is 18.2 Å². The van der Waals surface area contributed by atoms with Crippen LogP contribution in [0.1, 0.15) is 31.4 Å². The molecule has 2 aromatic rings. The number of nitrogens with one attached hydrogen (secondary N) is 1. The topological polar surface area (TPSA) is 48.6 Å². The summed E-state index contributed by atoms with van der Waals surface area (Å²) in [4.78, 5) is 20.7. The molecule has 5 nitrogen and oxygen atoms in total. The molecule has 3 heterocycles. The average molecular weight is 341 g/mol. The van der Waals surface area contributed by atoms with Gasteiger partial charge in [0.2, 0.25) is 5.91 Å². The van der Waals surface area contributed by atoms with E-state index in [9.17, 15) is 4.79 Å². The summed E-state index contributed by atoms with van der Waals surface area (Å²) in [7, 11) is 0. The first kappa shape index (κ1) is 16.6. The number of carbonyl (C=O) groups is 1. The zero-order chi connectivity index (χ0) is 17.2. The molecule has 2 atom stereocenters. The van der Waals surface area contributed by atoms with E-state index in [1.165, 1.54) is 23.0 Å². The number of ether oxygens (including phenoxy) is 1. The first-order valence-electron chi connectivity index (χ1n) is 9.40. The van der Waals surface area contributed by atoms with Crippen LogP contribution in [0.25, 0.3) is 10.9 Å². The third kappa shape index (κ3) is 3.44. The molecular formula is C20H27N3O2. The number of carbonyl (C=O) groups excluding carboxylic acids is 1. The summed E-state index contributed by atoms with van der Waals surface area (Å²) in [5.41, 5.74) is 2.50. The summed E-state index contributed by atoms with van der Waals surface area (Å²) < 4.78 is 5.37. The Morgan fingerprint density at radius 2 is 2.04 bits per heavy atom. The molecule has 2 fully saturated rings. The highest BCUT2D eigenvalue weighted by atomic mass is 16.5. The first-order chi connectivity index (χ1) is 12.2. The van der Waals surface area contributed by atoms with Crippen LogP contribution >= 0.6 is 0 Å². The number of amides is 1. The number of likely N-dealkylation sites (tertiary alicyclic amines) is 1. The van der Waals surface area contributed by atoms with E-state index in [1.54, 1.807) is 0 Å². The number of para-hydroxylation sites is 1. The Kier molecular flexibility index (Phi) is 4.77. The van der Waals surface area contributed by atoms with Gasteiger partial charge >= 0.3 is 0 Å². The van der Waals surface area contributed by atoms with Crippen LogP contribution in [-0.4, -0.2) is 66.1 Å². The van der Waals surface area contributed by atoms with Crippen LogP contribution in [0.15, 0.2) is 30.3 Å². The SMILES string of the molecule is C[C@H](C(=O)N1CCOCC1)N1CCC[C@H](c2cc3ccccc3[nH]2)C1. The number of aromatic nitrogens is 1. The highest BCUT2D eigenvalue weighted by molar-refractivity contribution is 5.82. The van der Waals surface area contributed by atoms with E-state index in [1.807, 2.05) is 4.90 Å². The van der Waals surface area contributed by atoms with Crippen LogP contribution in [0, 0.1) is 0 Å². The van der Waals surface area contributed by atoms with E-state index >= 15 is 0 Å². The third-order valence-corrected chi connectivity index (χ3v) is 5.67. The number of hydrogen-bond acceptors (Lipinski definition) is 3. The monoisotopic (exact) mass is 341 g/mol. The van der Waals surface area contributed by atoms with Gasteiger partial charge < -0.3 is 14.6 Å². The smallest absolute Gasteiger partial charge is 0.239 e. The number of rotatable bonds is 3. The number of aromatic amines is 1. The molecule has 25 heavy (non-hydrogen) atoms. The Morgan fingerprint density at radius 1 is 1.24 bits per heavy atom. The van der Waals surface area contributed by atoms with Crippen molar-refractivity contribution in [2.75, 3.05) is 39.4 Å². The molecule has 2 aliphatic rings. The Balaban J connectivity index is 1.45. The lowest BCUT2D eigenvalue weighted by Gasteiger charge is -2.38. The fourth-order valence-electron chi connectivity index (χ4n) is 4.13. The molecular weight excluding hydrogens is 314 g/mol. The van der Waals surface area contributed by atoms with Crippen LogP contribution in [0.2, 0.25) is 0 Å². The maximum atomic E-state index is 12.8. The highest BCUT2D eigenvalue weighted by Gasteiger charge is 2.31. The molecule has 2 aliphatic heterocycles. The predicted molar refractivity (Wildman–Crippen MR) is 98.7 cm³/mol. The maximum absolute atomic E-state index is 12.8. The number of H-pyrrole nitrogens is 1. The van der Waals surface area contributed by atoms with Crippen LogP contribution in [0.5, 0.6) is 0 Å². The zero-order valence-electron chi connectivity index (χ0n) is 14.9. The van der Waals surface area contributed by atoms with E-state index in [4.69, 9.17) is 4.74 Å². The Labute approximate surface area is 148 Å². The normalized spacial score (nSPS) is 23.7. The van der Waals surface area contributed by atoms with Crippen LogP contribution in [0.4, 0.5) is 0 Å². The second kappa shape index (κ2) is 7.18. The van der Waals surface area contributed by atoms with Crippen LogP contribution in [0.3, 0.4) is 0 Å². The highest BCUT2D eigenvalue weighted by Crippen LogP contribution is 2.30. The van der Waals surface area contributed by atoms with Crippen molar-refractivity contribution in [1.82, 2.24) is 14.8 Å². The standard InChI is InChI=1S/C20H27N3O2/c1-15(20(24)22-9-11-25-12-10-22)23-8-4-6-17(14-23)19-13-16-5-2-3-7-18(16)21-19/h2-3,5,7,13,15,17,21H,4,6,8-12,14H2,1H3/t15-,17+/m1/s1. The quantitative estimate of drug-likeness (QED) is 0.933. The van der Waals surface area contributed by atoms with Crippen molar-refractivity contribution >= 4 is 16.8 Å². The van der Waals surface area contributed by atoms with Gasteiger partial charge in [-0.15, -0.1) is 0 Å². The summed E-state index contributed by atoms with van der Waals surface area (Å²) in [5, 5.41) is 1.27. The fourth-order valence-corrected chi connectivity index (χ4v) is 4.13. The van der Waals surface area contributed by atoms with E-state index in [0.717, 1.165) is 32.6 Å². The minimum atomic E-state index is -0.0507. The van der Waals surface area contributed by atoms with E-state index in [2.05, 4.69) is 47.1 Å². The average Bonchev–Trinajstić information content (AvgIpc) is 3.12. The molecule has 2 saturated heterocycles. The third-order valence-electron chi connectivity index (χ3n) is 5.67. The van der Waals surface area contributed by atoms with Gasteiger partial charge in [0, 0.05) is 36.8 Å². The zero-order valence-corrected chi connectivity index (χ0v) is 14.9. The summed E-state index contributed by atoms with van der Waals surface area (Å²) in [5.74, 6) is 0.724. The van der Waals surface area contributed by atoms with E-state index in [-0.39, 0.29) is 11.9 Å². The number of piperidine rings is 1. The molecule has 1 amide bonds. The number of benzene rings is 1. The van der Waals surface area contributed by atoms with E-state index in [0.29, 0.717) is 19.1 Å². The number of morpholine rings is 1. The molecule has 5 heteroatoms. The Morgan fingerprint density at radius 3 is 2.84 bits per heavy atom. The van der Waals surface area contributed by atoms with Gasteiger partial charge in [0.15, 0.2) is 0 Å². The number of hydrogen-bond donors (Lipinski definition) is 1. The number of nitrogens with zero attached hydrogens (tertiary/aromatic N) is 2. The van der Waals surface area contributed by atoms with Crippen molar-refractivity contribution in [3.05, 3.63) is 36.0 Å². The fraction of sp³-hybridized carbons (Fsp3) is 0.550. The van der Waals surface area contributed by atoms with Crippen molar-refractivity contribution in [2.24, 2.45) is 0 Å². The minimum absolute atomic E-state index is 0.0507. The summed E-state index contributed by atoms with van der Waals surface area (Å²) in [6.45, 7) is 6.79. The molecule has 1 aromatic heterocycles. The lowest BCUT2D eigenvalue weighted by molar-refractivity contribution is -0.141. The lowest BCUT2D eigenvalue weighted by atomic mass is 9.93. The minimum Gasteiger partial charge on any atom is -0.378 e. The molecule has 4 rings (SSSR count).